The van der Waals surface area contributed by atoms with Crippen LogP contribution in [-0.4, -0.2) is 56.1 Å². The van der Waals surface area contributed by atoms with E-state index in [1.165, 1.54) is 11.8 Å². The molecule has 1 atom stereocenters. The Morgan fingerprint density at radius 1 is 1.16 bits per heavy atom. The van der Waals surface area contributed by atoms with Crippen molar-refractivity contribution in [3.63, 3.8) is 0 Å². The summed E-state index contributed by atoms with van der Waals surface area (Å²) in [6.45, 7) is 6.93. The Kier molecular flexibility index (Phi) is 7.09. The number of fused-ring (bicyclic) bond motifs is 1. The van der Waals surface area contributed by atoms with Gasteiger partial charge in [0.1, 0.15) is 10.9 Å². The van der Waals surface area contributed by atoms with Gasteiger partial charge in [-0.05, 0) is 51.0 Å². The number of thioether (sulfide) groups is 1. The van der Waals surface area contributed by atoms with Crippen LogP contribution in [-0.2, 0) is 17.8 Å². The standard InChI is InChI=1S/C24H29N5O2S/c1-3-29-20-11-5-4-10-19(20)27-21(29)12-14-25-22(30)18-9-8-13-26-23(18)32-17(2)24(31)28-15-6-7-16-28/h4-5,8-11,13,17H,3,6-7,12,14-16H2,1-2H3,(H,25,30). The lowest BCUT2D eigenvalue weighted by molar-refractivity contribution is -0.129. The van der Waals surface area contributed by atoms with Crippen LogP contribution in [0, 0.1) is 0 Å². The summed E-state index contributed by atoms with van der Waals surface area (Å²) in [5.41, 5.74) is 2.58. The van der Waals surface area contributed by atoms with Crippen LogP contribution >= 0.6 is 11.8 Å². The topological polar surface area (TPSA) is 80.1 Å². The maximum absolute atomic E-state index is 12.9. The predicted octanol–water partition coefficient (Wildman–Crippen LogP) is 3.53. The second-order valence-electron chi connectivity index (χ2n) is 7.92. The molecule has 0 spiro atoms. The van der Waals surface area contributed by atoms with Crippen LogP contribution < -0.4 is 5.32 Å². The van der Waals surface area contributed by atoms with Crippen molar-refractivity contribution in [1.82, 2.24) is 24.8 Å². The van der Waals surface area contributed by atoms with E-state index < -0.39 is 0 Å². The number of hydrogen-bond donors (Lipinski definition) is 1. The zero-order chi connectivity index (χ0) is 22.5. The van der Waals surface area contributed by atoms with Crippen LogP contribution in [0.3, 0.4) is 0 Å². The maximum atomic E-state index is 12.9. The van der Waals surface area contributed by atoms with E-state index in [0.717, 1.165) is 49.3 Å². The third-order valence-electron chi connectivity index (χ3n) is 5.75. The molecule has 1 aliphatic rings. The molecular formula is C24H29N5O2S. The molecule has 1 aromatic carbocycles. The zero-order valence-corrected chi connectivity index (χ0v) is 19.4. The first-order chi connectivity index (χ1) is 15.6. The number of rotatable bonds is 8. The van der Waals surface area contributed by atoms with Gasteiger partial charge in [0.2, 0.25) is 5.91 Å². The molecule has 168 valence electrons. The lowest BCUT2D eigenvalue weighted by Gasteiger charge is -2.20. The van der Waals surface area contributed by atoms with Gasteiger partial charge in [0.25, 0.3) is 5.91 Å². The van der Waals surface area contributed by atoms with E-state index >= 15 is 0 Å². The lowest BCUT2D eigenvalue weighted by atomic mass is 10.2. The van der Waals surface area contributed by atoms with E-state index in [0.29, 0.717) is 23.6 Å². The molecule has 0 aliphatic carbocycles. The molecule has 7 nitrogen and oxygen atoms in total. The minimum atomic E-state index is -0.279. The molecule has 1 fully saturated rings. The van der Waals surface area contributed by atoms with E-state index in [1.807, 2.05) is 30.0 Å². The molecule has 1 unspecified atom stereocenters. The zero-order valence-electron chi connectivity index (χ0n) is 18.6. The average molecular weight is 452 g/mol. The number of likely N-dealkylation sites (tertiary alicyclic amines) is 1. The molecule has 0 bridgehead atoms. The Labute approximate surface area is 192 Å². The van der Waals surface area contributed by atoms with Crippen molar-refractivity contribution >= 4 is 34.6 Å². The summed E-state index contributed by atoms with van der Waals surface area (Å²) in [6.07, 6.45) is 4.43. The normalized spacial score (nSPS) is 14.6. The molecule has 1 saturated heterocycles. The van der Waals surface area contributed by atoms with Crippen LogP contribution in [0.15, 0.2) is 47.6 Å². The number of amides is 2. The Morgan fingerprint density at radius 3 is 2.72 bits per heavy atom. The van der Waals surface area contributed by atoms with Crippen molar-refractivity contribution in [2.45, 2.75) is 49.9 Å². The molecule has 3 aromatic rings. The number of benzene rings is 1. The van der Waals surface area contributed by atoms with E-state index in [9.17, 15) is 9.59 Å². The molecular weight excluding hydrogens is 422 g/mol. The van der Waals surface area contributed by atoms with Gasteiger partial charge in [-0.25, -0.2) is 9.97 Å². The van der Waals surface area contributed by atoms with Crippen LogP contribution in [0.1, 0.15) is 42.9 Å². The highest BCUT2D eigenvalue weighted by Gasteiger charge is 2.25. The van der Waals surface area contributed by atoms with Gasteiger partial charge in [0, 0.05) is 38.8 Å². The number of aryl methyl sites for hydroxylation is 1. The Morgan fingerprint density at radius 2 is 1.94 bits per heavy atom. The van der Waals surface area contributed by atoms with E-state index in [-0.39, 0.29) is 17.1 Å². The molecule has 32 heavy (non-hydrogen) atoms. The smallest absolute Gasteiger partial charge is 0.254 e. The fourth-order valence-electron chi connectivity index (χ4n) is 4.12. The molecule has 8 heteroatoms. The number of para-hydroxylation sites is 2. The van der Waals surface area contributed by atoms with E-state index in [4.69, 9.17) is 4.98 Å². The van der Waals surface area contributed by atoms with Gasteiger partial charge in [-0.3, -0.25) is 9.59 Å². The average Bonchev–Trinajstić information content (AvgIpc) is 3.46. The minimum absolute atomic E-state index is 0.114. The quantitative estimate of drug-likeness (QED) is 0.530. The Hall–Kier alpha value is -2.87. The number of nitrogens with zero attached hydrogens (tertiary/aromatic N) is 4. The molecule has 4 rings (SSSR count). The summed E-state index contributed by atoms with van der Waals surface area (Å²) in [4.78, 5) is 36.6. The first kappa shape index (κ1) is 22.3. The van der Waals surface area contributed by atoms with Crippen LogP contribution in [0.5, 0.6) is 0 Å². The van der Waals surface area contributed by atoms with Crippen LogP contribution in [0.4, 0.5) is 0 Å². The van der Waals surface area contributed by atoms with Crippen molar-refractivity contribution in [1.29, 1.82) is 0 Å². The number of aromatic nitrogens is 3. The minimum Gasteiger partial charge on any atom is -0.352 e. The first-order valence-corrected chi connectivity index (χ1v) is 12.1. The van der Waals surface area contributed by atoms with E-state index in [2.05, 4.69) is 27.9 Å². The third-order valence-corrected chi connectivity index (χ3v) is 6.86. The monoisotopic (exact) mass is 451 g/mol. The largest absolute Gasteiger partial charge is 0.352 e. The van der Waals surface area contributed by atoms with Gasteiger partial charge in [-0.15, -0.1) is 0 Å². The van der Waals surface area contributed by atoms with Crippen LogP contribution in [0.25, 0.3) is 11.0 Å². The van der Waals surface area contributed by atoms with Crippen molar-refractivity contribution in [3.05, 3.63) is 54.0 Å². The number of hydrogen-bond acceptors (Lipinski definition) is 5. The molecule has 2 aromatic heterocycles. The lowest BCUT2D eigenvalue weighted by Crippen LogP contribution is -2.34. The van der Waals surface area contributed by atoms with Gasteiger partial charge >= 0.3 is 0 Å². The van der Waals surface area contributed by atoms with Crippen molar-refractivity contribution in [3.8, 4) is 0 Å². The second kappa shape index (κ2) is 10.2. The third kappa shape index (κ3) is 4.80. The summed E-state index contributed by atoms with van der Waals surface area (Å²) >= 11 is 1.35. The predicted molar refractivity (Wildman–Crippen MR) is 127 cm³/mol. The van der Waals surface area contributed by atoms with Gasteiger partial charge < -0.3 is 14.8 Å². The summed E-state index contributed by atoms with van der Waals surface area (Å²) in [7, 11) is 0. The summed E-state index contributed by atoms with van der Waals surface area (Å²) < 4.78 is 2.18. The van der Waals surface area contributed by atoms with Gasteiger partial charge in [0.15, 0.2) is 0 Å². The Bertz CT molecular complexity index is 1110. The summed E-state index contributed by atoms with van der Waals surface area (Å²) in [5.74, 6) is 0.892. The molecule has 1 aliphatic heterocycles. The SMILES string of the molecule is CCn1c(CCNC(=O)c2cccnc2SC(C)C(=O)N2CCCC2)nc2ccccc21. The maximum Gasteiger partial charge on any atom is 0.254 e. The van der Waals surface area contributed by atoms with Crippen molar-refractivity contribution in [2.24, 2.45) is 0 Å². The van der Waals surface area contributed by atoms with Crippen molar-refractivity contribution < 1.29 is 9.59 Å². The highest BCUT2D eigenvalue weighted by atomic mass is 32.2. The van der Waals surface area contributed by atoms with Gasteiger partial charge in [0.05, 0.1) is 21.8 Å². The second-order valence-corrected chi connectivity index (χ2v) is 9.25. The number of carbonyl (C=O) groups excluding carboxylic acids is 2. The summed E-state index contributed by atoms with van der Waals surface area (Å²) in [6, 6.07) is 11.6. The molecule has 2 amide bonds. The van der Waals surface area contributed by atoms with Crippen molar-refractivity contribution in [2.75, 3.05) is 19.6 Å². The fourth-order valence-corrected chi connectivity index (χ4v) is 5.12. The highest BCUT2D eigenvalue weighted by Crippen LogP contribution is 2.27. The van der Waals surface area contributed by atoms with E-state index in [1.54, 1.807) is 18.3 Å². The molecule has 0 radical (unpaired) electrons. The van der Waals surface area contributed by atoms with Gasteiger partial charge in [-0.1, -0.05) is 23.9 Å². The van der Waals surface area contributed by atoms with Crippen LogP contribution in [0.2, 0.25) is 0 Å². The highest BCUT2D eigenvalue weighted by molar-refractivity contribution is 8.00. The number of imidazole rings is 1. The number of nitrogens with one attached hydrogen (secondary N) is 1. The number of pyridine rings is 1. The Balaban J connectivity index is 1.39. The first-order valence-electron chi connectivity index (χ1n) is 11.2. The fraction of sp³-hybridized carbons (Fsp3) is 0.417. The summed E-state index contributed by atoms with van der Waals surface area (Å²) in [5, 5.41) is 3.31. The van der Waals surface area contributed by atoms with Gasteiger partial charge in [-0.2, -0.15) is 0 Å². The molecule has 0 saturated carbocycles. The number of carbonyl (C=O) groups is 2. The molecule has 1 N–H and O–H groups in total. The molecule has 3 heterocycles.